The molecule has 1 saturated carbocycles. The molecule has 1 amide bonds. The van der Waals surface area contributed by atoms with E-state index in [0.717, 1.165) is 0 Å². The Hall–Kier alpha value is -3.40. The van der Waals surface area contributed by atoms with Gasteiger partial charge in [0, 0.05) is 37.2 Å². The molecule has 0 radical (unpaired) electrons. The number of aromatic nitrogens is 4. The molecule has 1 aliphatic carbocycles. The molecule has 2 aliphatic rings. The molecule has 150 valence electrons. The third-order valence-electron chi connectivity index (χ3n) is 5.45. The Kier molecular flexibility index (Phi) is 4.20. The summed E-state index contributed by atoms with van der Waals surface area (Å²) in [7, 11) is 3.34. The van der Waals surface area contributed by atoms with Crippen molar-refractivity contribution < 1.29 is 14.3 Å². The minimum atomic E-state index is -0.176. The summed E-state index contributed by atoms with van der Waals surface area (Å²) in [5.74, 6) is 2.36. The summed E-state index contributed by atoms with van der Waals surface area (Å²) < 4.78 is 12.3. The SMILES string of the molecule is CNc1cc(Nc2cccnc2OC)nc2c(C(=O)NC3[C@H]4COC[C@@H]34)cnn12. The van der Waals surface area contributed by atoms with Crippen molar-refractivity contribution in [3.63, 3.8) is 0 Å². The molecular weight excluding hydrogens is 374 g/mol. The molecule has 29 heavy (non-hydrogen) atoms. The summed E-state index contributed by atoms with van der Waals surface area (Å²) in [6, 6.07) is 5.62. The summed E-state index contributed by atoms with van der Waals surface area (Å²) in [6.45, 7) is 1.43. The van der Waals surface area contributed by atoms with E-state index in [0.29, 0.717) is 59.5 Å². The molecule has 1 unspecified atom stereocenters. The molecule has 1 saturated heterocycles. The van der Waals surface area contributed by atoms with Crippen molar-refractivity contribution in [2.45, 2.75) is 6.04 Å². The second kappa shape index (κ2) is 6.89. The van der Waals surface area contributed by atoms with Crippen LogP contribution in [0.15, 0.2) is 30.6 Å². The predicted octanol–water partition coefficient (Wildman–Crippen LogP) is 1.29. The van der Waals surface area contributed by atoms with Crippen molar-refractivity contribution in [3.05, 3.63) is 36.2 Å². The maximum absolute atomic E-state index is 12.9. The highest BCUT2D eigenvalue weighted by Gasteiger charge is 2.54. The summed E-state index contributed by atoms with van der Waals surface area (Å²) in [5.41, 5.74) is 1.56. The Balaban J connectivity index is 1.46. The number of anilines is 3. The molecule has 3 aromatic rings. The Bertz CT molecular complexity index is 1070. The highest BCUT2D eigenvalue weighted by molar-refractivity contribution is 6.00. The van der Waals surface area contributed by atoms with Crippen LogP contribution in [0.25, 0.3) is 5.65 Å². The molecule has 0 aromatic carbocycles. The largest absolute Gasteiger partial charge is 0.480 e. The lowest BCUT2D eigenvalue weighted by atomic mass is 10.3. The van der Waals surface area contributed by atoms with Gasteiger partial charge in [0.2, 0.25) is 5.88 Å². The number of hydrogen-bond donors (Lipinski definition) is 3. The van der Waals surface area contributed by atoms with E-state index in [9.17, 15) is 4.79 Å². The Labute approximate surface area is 166 Å². The maximum Gasteiger partial charge on any atom is 0.257 e. The van der Waals surface area contributed by atoms with Gasteiger partial charge in [-0.3, -0.25) is 4.79 Å². The minimum Gasteiger partial charge on any atom is -0.480 e. The van der Waals surface area contributed by atoms with Gasteiger partial charge in [0.05, 0.1) is 26.5 Å². The van der Waals surface area contributed by atoms with Crippen LogP contribution in [-0.4, -0.2) is 58.9 Å². The van der Waals surface area contributed by atoms with Crippen molar-refractivity contribution in [2.24, 2.45) is 11.8 Å². The first-order valence-electron chi connectivity index (χ1n) is 9.40. The van der Waals surface area contributed by atoms with Crippen molar-refractivity contribution in [1.82, 2.24) is 24.9 Å². The van der Waals surface area contributed by atoms with E-state index in [1.165, 1.54) is 0 Å². The maximum atomic E-state index is 12.9. The van der Waals surface area contributed by atoms with E-state index < -0.39 is 0 Å². The van der Waals surface area contributed by atoms with E-state index >= 15 is 0 Å². The van der Waals surface area contributed by atoms with Gasteiger partial charge in [0.15, 0.2) is 5.65 Å². The lowest BCUT2D eigenvalue weighted by molar-refractivity contribution is 0.0930. The van der Waals surface area contributed by atoms with Gasteiger partial charge < -0.3 is 25.4 Å². The number of hydrogen-bond acceptors (Lipinski definition) is 8. The molecule has 4 heterocycles. The zero-order valence-electron chi connectivity index (χ0n) is 16.0. The average Bonchev–Trinajstić information content (AvgIpc) is 3.10. The van der Waals surface area contributed by atoms with Gasteiger partial charge in [0.1, 0.15) is 22.9 Å². The summed E-state index contributed by atoms with van der Waals surface area (Å²) in [5, 5.41) is 13.7. The van der Waals surface area contributed by atoms with Crippen LogP contribution in [0, 0.1) is 11.8 Å². The van der Waals surface area contributed by atoms with Gasteiger partial charge in [-0.1, -0.05) is 0 Å². The molecule has 10 heteroatoms. The predicted molar refractivity (Wildman–Crippen MR) is 106 cm³/mol. The number of carbonyl (C=O) groups excluding carboxylic acids is 1. The number of methoxy groups -OCH3 is 1. The zero-order valence-corrected chi connectivity index (χ0v) is 16.0. The molecule has 1 aliphatic heterocycles. The first-order valence-corrected chi connectivity index (χ1v) is 9.40. The Morgan fingerprint density at radius 3 is 2.93 bits per heavy atom. The van der Waals surface area contributed by atoms with E-state index in [4.69, 9.17) is 9.47 Å². The van der Waals surface area contributed by atoms with Crippen molar-refractivity contribution in [1.29, 1.82) is 0 Å². The van der Waals surface area contributed by atoms with Gasteiger partial charge in [0.25, 0.3) is 5.91 Å². The molecule has 2 fully saturated rings. The molecule has 3 aromatic heterocycles. The normalized spacial score (nSPS) is 22.2. The fourth-order valence-corrected chi connectivity index (χ4v) is 3.83. The van der Waals surface area contributed by atoms with Gasteiger partial charge in [-0.05, 0) is 12.1 Å². The van der Waals surface area contributed by atoms with Crippen LogP contribution in [0.4, 0.5) is 17.3 Å². The molecule has 3 N–H and O–H groups in total. The van der Waals surface area contributed by atoms with Gasteiger partial charge >= 0.3 is 0 Å². The van der Waals surface area contributed by atoms with Crippen LogP contribution in [-0.2, 0) is 4.74 Å². The number of nitrogens with one attached hydrogen (secondary N) is 3. The summed E-state index contributed by atoms with van der Waals surface area (Å²) in [4.78, 5) is 21.7. The van der Waals surface area contributed by atoms with Crippen LogP contribution in [0.1, 0.15) is 10.4 Å². The van der Waals surface area contributed by atoms with Crippen LogP contribution in [0.5, 0.6) is 5.88 Å². The lowest BCUT2D eigenvalue weighted by Crippen LogP contribution is -2.29. The fraction of sp³-hybridized carbons (Fsp3) is 0.368. The number of amides is 1. The fourth-order valence-electron chi connectivity index (χ4n) is 3.83. The van der Waals surface area contributed by atoms with Crippen LogP contribution < -0.4 is 20.7 Å². The van der Waals surface area contributed by atoms with Crippen LogP contribution >= 0.6 is 0 Å². The number of ether oxygens (including phenoxy) is 2. The van der Waals surface area contributed by atoms with Crippen molar-refractivity contribution in [3.8, 4) is 5.88 Å². The molecule has 0 spiro atoms. The molecular formula is C19H21N7O3. The third kappa shape index (κ3) is 3.01. The topological polar surface area (TPSA) is 115 Å². The van der Waals surface area contributed by atoms with E-state index in [1.54, 1.807) is 43.2 Å². The summed E-state index contributed by atoms with van der Waals surface area (Å²) in [6.07, 6.45) is 3.19. The standard InChI is InChI=1S/C19H21N7O3/c1-20-15-6-14(23-13-4-3-5-21-19(13)28-2)24-17-10(7-22-26(15)17)18(27)25-16-11-8-29-9-12(11)16/h3-7,11-12,16,20H,8-9H2,1-2H3,(H,23,24)(H,25,27)/t11-,12+,16?. The second-order valence-corrected chi connectivity index (χ2v) is 7.12. The Morgan fingerprint density at radius 1 is 1.34 bits per heavy atom. The minimum absolute atomic E-state index is 0.176. The third-order valence-corrected chi connectivity index (χ3v) is 5.45. The first kappa shape index (κ1) is 17.7. The van der Waals surface area contributed by atoms with Gasteiger partial charge in [-0.15, -0.1) is 0 Å². The number of fused-ring (bicyclic) bond motifs is 2. The van der Waals surface area contributed by atoms with Gasteiger partial charge in [-0.2, -0.15) is 9.61 Å². The second-order valence-electron chi connectivity index (χ2n) is 7.12. The average molecular weight is 395 g/mol. The van der Waals surface area contributed by atoms with Crippen LogP contribution in [0.2, 0.25) is 0 Å². The number of nitrogens with zero attached hydrogens (tertiary/aromatic N) is 4. The number of pyridine rings is 1. The number of carbonyl (C=O) groups is 1. The molecule has 3 atom stereocenters. The van der Waals surface area contributed by atoms with Crippen LogP contribution in [0.3, 0.4) is 0 Å². The molecule has 5 rings (SSSR count). The monoisotopic (exact) mass is 395 g/mol. The first-order chi connectivity index (χ1) is 14.2. The van der Waals surface area contributed by atoms with E-state index in [2.05, 4.69) is 31.0 Å². The smallest absolute Gasteiger partial charge is 0.257 e. The zero-order chi connectivity index (χ0) is 20.0. The highest BCUT2D eigenvalue weighted by Crippen LogP contribution is 2.44. The van der Waals surface area contributed by atoms with Crippen molar-refractivity contribution in [2.75, 3.05) is 38.0 Å². The van der Waals surface area contributed by atoms with Crippen molar-refractivity contribution >= 4 is 28.9 Å². The van der Waals surface area contributed by atoms with E-state index in [-0.39, 0.29) is 11.9 Å². The van der Waals surface area contributed by atoms with E-state index in [1.807, 2.05) is 6.07 Å². The van der Waals surface area contributed by atoms with Gasteiger partial charge in [-0.25, -0.2) is 9.97 Å². The molecule has 10 nitrogen and oxygen atoms in total. The highest BCUT2D eigenvalue weighted by atomic mass is 16.5. The quantitative estimate of drug-likeness (QED) is 0.572. The molecule has 0 bridgehead atoms. The Morgan fingerprint density at radius 2 is 2.17 bits per heavy atom. The lowest BCUT2D eigenvalue weighted by Gasteiger charge is -2.12. The number of rotatable bonds is 6. The summed E-state index contributed by atoms with van der Waals surface area (Å²) >= 11 is 0.